The number of sulfonamides is 1. The van der Waals surface area contributed by atoms with Crippen molar-refractivity contribution in [2.45, 2.75) is 56.3 Å². The first-order valence-electron chi connectivity index (χ1n) is 9.69. The predicted octanol–water partition coefficient (Wildman–Crippen LogP) is 3.25. The van der Waals surface area contributed by atoms with Crippen molar-refractivity contribution in [3.8, 4) is 0 Å². The van der Waals surface area contributed by atoms with Gasteiger partial charge in [0.2, 0.25) is 15.9 Å². The highest BCUT2D eigenvalue weighted by atomic mass is 32.2. The van der Waals surface area contributed by atoms with Gasteiger partial charge in [-0.25, -0.2) is 8.42 Å². The monoisotopic (exact) mass is 409 g/mol. The fourth-order valence-corrected chi connectivity index (χ4v) is 5.44. The molecule has 27 heavy (non-hydrogen) atoms. The molecular formula is C19H27N3O3S2. The molecule has 0 unspecified atom stereocenters. The van der Waals surface area contributed by atoms with Gasteiger partial charge in [0.1, 0.15) is 0 Å². The van der Waals surface area contributed by atoms with Crippen molar-refractivity contribution in [2.75, 3.05) is 18.4 Å². The molecule has 0 atom stereocenters. The van der Waals surface area contributed by atoms with Crippen LogP contribution in [0.5, 0.6) is 0 Å². The smallest absolute Gasteiger partial charge is 0.243 e. The molecule has 3 rings (SSSR count). The molecule has 6 nitrogen and oxygen atoms in total. The van der Waals surface area contributed by atoms with Gasteiger partial charge in [-0.15, -0.1) is 0 Å². The minimum Gasteiger partial charge on any atom is -0.332 e. The number of amides is 1. The van der Waals surface area contributed by atoms with E-state index < -0.39 is 10.0 Å². The number of benzene rings is 1. The van der Waals surface area contributed by atoms with E-state index in [1.165, 1.54) is 0 Å². The largest absolute Gasteiger partial charge is 0.332 e. The predicted molar refractivity (Wildman–Crippen MR) is 110 cm³/mol. The van der Waals surface area contributed by atoms with E-state index in [0.29, 0.717) is 18.8 Å². The van der Waals surface area contributed by atoms with E-state index in [9.17, 15) is 13.2 Å². The quantitative estimate of drug-likeness (QED) is 0.747. The Morgan fingerprint density at radius 1 is 0.963 bits per heavy atom. The second kappa shape index (κ2) is 9.12. The number of carbonyl (C=O) groups excluding carboxylic acids is 1. The third-order valence-corrected chi connectivity index (χ3v) is 7.39. The molecule has 1 amide bonds. The lowest BCUT2D eigenvalue weighted by Gasteiger charge is -2.20. The fraction of sp³-hybridized carbons (Fsp3) is 0.579. The highest BCUT2D eigenvalue weighted by molar-refractivity contribution is 7.89. The maximum atomic E-state index is 12.8. The first-order valence-corrected chi connectivity index (χ1v) is 11.5. The van der Waals surface area contributed by atoms with E-state index in [1.54, 1.807) is 28.6 Å². The third-order valence-electron chi connectivity index (χ3n) is 5.28. The average Bonchev–Trinajstić information content (AvgIpc) is 3.04. The zero-order valence-corrected chi connectivity index (χ0v) is 17.1. The Morgan fingerprint density at radius 2 is 1.56 bits per heavy atom. The Balaban J connectivity index is 1.59. The Kier molecular flexibility index (Phi) is 6.83. The molecule has 1 saturated carbocycles. The van der Waals surface area contributed by atoms with E-state index in [-0.39, 0.29) is 21.8 Å². The molecule has 8 heteroatoms. The van der Waals surface area contributed by atoms with Crippen LogP contribution in [0, 0.1) is 5.92 Å². The maximum Gasteiger partial charge on any atom is 0.243 e. The summed E-state index contributed by atoms with van der Waals surface area (Å²) in [6.07, 6.45) is 7.99. The number of hydrogen-bond acceptors (Lipinski definition) is 4. The standard InChI is InChI=1S/C19H27N3O3S2/c23-18(15-7-3-4-8-15)21-19(26)20-16-9-11-17(12-10-16)27(24,25)22-13-5-1-2-6-14-22/h9-12,15H,1-8,13-14H2,(H2,20,21,23,26). The van der Waals surface area contributed by atoms with Crippen LogP contribution < -0.4 is 10.6 Å². The normalized spacial score (nSPS) is 19.4. The van der Waals surface area contributed by atoms with Gasteiger partial charge in [-0.3, -0.25) is 4.79 Å². The number of nitrogens with one attached hydrogen (secondary N) is 2. The van der Waals surface area contributed by atoms with Crippen LogP contribution in [-0.4, -0.2) is 36.8 Å². The Morgan fingerprint density at radius 3 is 2.15 bits per heavy atom. The first-order chi connectivity index (χ1) is 13.0. The van der Waals surface area contributed by atoms with E-state index in [4.69, 9.17) is 12.2 Å². The van der Waals surface area contributed by atoms with Crippen LogP contribution in [0.25, 0.3) is 0 Å². The molecule has 1 saturated heterocycles. The minimum absolute atomic E-state index is 0.0367. The molecular weight excluding hydrogens is 382 g/mol. The maximum absolute atomic E-state index is 12.8. The van der Waals surface area contributed by atoms with Gasteiger partial charge in [-0.2, -0.15) is 4.31 Å². The first kappa shape index (κ1) is 20.2. The zero-order chi connectivity index (χ0) is 19.3. The van der Waals surface area contributed by atoms with E-state index in [1.807, 2.05) is 0 Å². The molecule has 0 spiro atoms. The van der Waals surface area contributed by atoms with Crippen LogP contribution in [0.4, 0.5) is 5.69 Å². The van der Waals surface area contributed by atoms with Crippen LogP contribution >= 0.6 is 12.2 Å². The Hall–Kier alpha value is -1.51. The van der Waals surface area contributed by atoms with Gasteiger partial charge in [0.25, 0.3) is 0 Å². The summed E-state index contributed by atoms with van der Waals surface area (Å²) in [5, 5.41) is 5.93. The van der Waals surface area contributed by atoms with Crippen molar-refractivity contribution in [2.24, 2.45) is 5.92 Å². The summed E-state index contributed by atoms with van der Waals surface area (Å²) < 4.78 is 27.2. The summed E-state index contributed by atoms with van der Waals surface area (Å²) >= 11 is 5.20. The van der Waals surface area contributed by atoms with E-state index >= 15 is 0 Å². The van der Waals surface area contributed by atoms with Crippen LogP contribution in [0.2, 0.25) is 0 Å². The summed E-state index contributed by atoms with van der Waals surface area (Å²) in [4.78, 5) is 12.4. The molecule has 1 aromatic carbocycles. The molecule has 0 radical (unpaired) electrons. The number of thiocarbonyl (C=S) groups is 1. The number of carbonyl (C=O) groups is 1. The zero-order valence-electron chi connectivity index (χ0n) is 15.4. The molecule has 0 aromatic heterocycles. The lowest BCUT2D eigenvalue weighted by atomic mass is 10.1. The molecule has 1 aliphatic carbocycles. The second-order valence-electron chi connectivity index (χ2n) is 7.27. The van der Waals surface area contributed by atoms with Crippen LogP contribution in [0.15, 0.2) is 29.2 Å². The summed E-state index contributed by atoms with van der Waals surface area (Å²) in [6.45, 7) is 1.17. The van der Waals surface area contributed by atoms with Gasteiger partial charge in [0, 0.05) is 24.7 Å². The highest BCUT2D eigenvalue weighted by Crippen LogP contribution is 2.25. The summed E-state index contributed by atoms with van der Waals surface area (Å²) in [6, 6.07) is 6.53. The Labute approximate surface area is 166 Å². The molecule has 148 valence electrons. The molecule has 1 aliphatic heterocycles. The molecule has 1 heterocycles. The lowest BCUT2D eigenvalue weighted by Crippen LogP contribution is -2.37. The molecule has 2 aliphatic rings. The number of nitrogens with zero attached hydrogens (tertiary/aromatic N) is 1. The summed E-state index contributed by atoms with van der Waals surface area (Å²) in [5.74, 6) is 0.0104. The van der Waals surface area contributed by atoms with Gasteiger partial charge in [-0.05, 0) is 62.2 Å². The number of rotatable bonds is 4. The topological polar surface area (TPSA) is 78.5 Å². The van der Waals surface area contributed by atoms with Crippen molar-refractivity contribution in [1.29, 1.82) is 0 Å². The van der Waals surface area contributed by atoms with E-state index in [2.05, 4.69) is 10.6 Å². The summed E-state index contributed by atoms with van der Waals surface area (Å²) in [7, 11) is -3.46. The van der Waals surface area contributed by atoms with Gasteiger partial charge in [0.15, 0.2) is 5.11 Å². The van der Waals surface area contributed by atoms with Gasteiger partial charge < -0.3 is 10.6 Å². The van der Waals surface area contributed by atoms with Crippen molar-refractivity contribution in [3.05, 3.63) is 24.3 Å². The molecule has 2 fully saturated rings. The minimum atomic E-state index is -3.46. The molecule has 2 N–H and O–H groups in total. The van der Waals surface area contributed by atoms with Crippen molar-refractivity contribution >= 4 is 38.9 Å². The lowest BCUT2D eigenvalue weighted by molar-refractivity contribution is -0.123. The van der Waals surface area contributed by atoms with Crippen molar-refractivity contribution in [3.63, 3.8) is 0 Å². The van der Waals surface area contributed by atoms with Gasteiger partial charge >= 0.3 is 0 Å². The molecule has 0 bridgehead atoms. The Bertz CT molecular complexity index is 764. The van der Waals surface area contributed by atoms with Crippen LogP contribution in [0.1, 0.15) is 51.4 Å². The van der Waals surface area contributed by atoms with Crippen LogP contribution in [-0.2, 0) is 14.8 Å². The van der Waals surface area contributed by atoms with Crippen molar-refractivity contribution < 1.29 is 13.2 Å². The number of hydrogen-bond donors (Lipinski definition) is 2. The second-order valence-corrected chi connectivity index (χ2v) is 9.61. The molecule has 1 aromatic rings. The SMILES string of the molecule is O=C(NC(=S)Nc1ccc(S(=O)(=O)N2CCCCCC2)cc1)C1CCCC1. The fourth-order valence-electron chi connectivity index (χ4n) is 3.71. The highest BCUT2D eigenvalue weighted by Gasteiger charge is 2.25. The van der Waals surface area contributed by atoms with Gasteiger partial charge in [-0.1, -0.05) is 25.7 Å². The number of anilines is 1. The van der Waals surface area contributed by atoms with E-state index in [0.717, 1.165) is 51.4 Å². The van der Waals surface area contributed by atoms with Gasteiger partial charge in [0.05, 0.1) is 4.90 Å². The average molecular weight is 410 g/mol. The van der Waals surface area contributed by atoms with Crippen molar-refractivity contribution in [1.82, 2.24) is 9.62 Å². The third kappa shape index (κ3) is 5.27. The summed E-state index contributed by atoms with van der Waals surface area (Å²) in [5.41, 5.74) is 0.654. The van der Waals surface area contributed by atoms with Crippen LogP contribution in [0.3, 0.4) is 0 Å².